The van der Waals surface area contributed by atoms with Crippen LogP contribution in [0.5, 0.6) is 0 Å². The number of hydrogen-bond acceptors (Lipinski definition) is 5. The van der Waals surface area contributed by atoms with Crippen molar-refractivity contribution in [2.75, 3.05) is 13.2 Å². The molecule has 32 heavy (non-hydrogen) atoms. The second-order valence-corrected chi connectivity index (χ2v) is 10.4. The van der Waals surface area contributed by atoms with E-state index in [0.29, 0.717) is 17.2 Å². The van der Waals surface area contributed by atoms with Crippen LogP contribution in [0.2, 0.25) is 10.0 Å². The number of unbranched alkanes of at least 4 members (excludes halogenated alkanes) is 1. The van der Waals surface area contributed by atoms with Crippen LogP contribution in [0.4, 0.5) is 0 Å². The SMILES string of the molecule is CC(=O)N(CCC(c1ccc(Cl)c(Cl)c1)P(=O)(NO)NO)OCCCCc1ccccc1. The summed E-state index contributed by atoms with van der Waals surface area (Å²) in [6.07, 6.45) is 2.67. The van der Waals surface area contributed by atoms with Gasteiger partial charge < -0.3 is 10.4 Å². The maximum Gasteiger partial charge on any atom is 0.262 e. The average Bonchev–Trinajstić information content (AvgIpc) is 2.80. The molecule has 0 spiro atoms. The molecule has 1 amide bonds. The fourth-order valence-corrected chi connectivity index (χ4v) is 4.93. The molecule has 0 saturated heterocycles. The Bertz CT molecular complexity index is 912. The summed E-state index contributed by atoms with van der Waals surface area (Å²) in [6.45, 7) is 1.79. The van der Waals surface area contributed by atoms with E-state index in [9.17, 15) is 19.8 Å². The van der Waals surface area contributed by atoms with E-state index in [1.165, 1.54) is 29.7 Å². The van der Waals surface area contributed by atoms with Crippen LogP contribution in [-0.2, 0) is 20.6 Å². The summed E-state index contributed by atoms with van der Waals surface area (Å²) in [4.78, 5) is 17.7. The molecule has 8 nitrogen and oxygen atoms in total. The Kier molecular flexibility index (Phi) is 11.1. The smallest absolute Gasteiger partial charge is 0.262 e. The maximum atomic E-state index is 12.9. The third-order valence-electron chi connectivity index (χ3n) is 4.97. The van der Waals surface area contributed by atoms with Gasteiger partial charge in [0.25, 0.3) is 7.44 Å². The lowest BCUT2D eigenvalue weighted by Crippen LogP contribution is -2.32. The van der Waals surface area contributed by atoms with Gasteiger partial charge >= 0.3 is 0 Å². The third kappa shape index (κ3) is 7.83. The lowest BCUT2D eigenvalue weighted by atomic mass is 10.1. The summed E-state index contributed by atoms with van der Waals surface area (Å²) in [6, 6.07) is 14.7. The molecule has 1 atom stereocenters. The van der Waals surface area contributed by atoms with Gasteiger partial charge in [0.2, 0.25) is 5.91 Å². The number of nitrogens with zero attached hydrogens (tertiary/aromatic N) is 1. The Morgan fingerprint density at radius 3 is 2.38 bits per heavy atom. The number of aryl methyl sites for hydroxylation is 1. The fourth-order valence-electron chi connectivity index (χ4n) is 3.24. The monoisotopic (exact) mass is 503 g/mol. The minimum absolute atomic E-state index is 0.0757. The van der Waals surface area contributed by atoms with Gasteiger partial charge in [-0.3, -0.25) is 14.2 Å². The highest BCUT2D eigenvalue weighted by Gasteiger charge is 2.35. The Morgan fingerprint density at radius 1 is 1.09 bits per heavy atom. The molecule has 11 heteroatoms. The molecular weight excluding hydrogens is 476 g/mol. The zero-order chi connectivity index (χ0) is 23.6. The summed E-state index contributed by atoms with van der Waals surface area (Å²) < 4.78 is 12.9. The number of carbonyl (C=O) groups is 1. The first kappa shape index (κ1) is 26.8. The van der Waals surface area contributed by atoms with Crippen molar-refractivity contribution >= 4 is 36.6 Å². The normalized spacial score (nSPS) is 12.5. The van der Waals surface area contributed by atoms with Crippen LogP contribution in [0, 0.1) is 0 Å². The van der Waals surface area contributed by atoms with Crippen molar-refractivity contribution in [3.05, 3.63) is 69.7 Å². The largest absolute Gasteiger partial charge is 0.309 e. The van der Waals surface area contributed by atoms with E-state index >= 15 is 0 Å². The molecule has 2 aromatic rings. The van der Waals surface area contributed by atoms with Crippen LogP contribution in [0.3, 0.4) is 0 Å². The molecule has 4 N–H and O–H groups in total. The highest BCUT2D eigenvalue weighted by Crippen LogP contribution is 2.53. The van der Waals surface area contributed by atoms with Crippen molar-refractivity contribution in [3.63, 3.8) is 0 Å². The van der Waals surface area contributed by atoms with Crippen LogP contribution < -0.4 is 10.5 Å². The van der Waals surface area contributed by atoms with E-state index in [-0.39, 0.29) is 23.9 Å². The van der Waals surface area contributed by atoms with Gasteiger partial charge in [-0.2, -0.15) is 0 Å². The molecule has 2 aromatic carbocycles. The Hall–Kier alpha value is -1.48. The van der Waals surface area contributed by atoms with Crippen molar-refractivity contribution < 1.29 is 24.6 Å². The second-order valence-electron chi connectivity index (χ2n) is 7.23. The molecule has 0 aromatic heterocycles. The van der Waals surface area contributed by atoms with Gasteiger partial charge in [0, 0.05) is 13.5 Å². The quantitative estimate of drug-likeness (QED) is 0.165. The van der Waals surface area contributed by atoms with Gasteiger partial charge in [0.15, 0.2) is 0 Å². The van der Waals surface area contributed by atoms with Crippen molar-refractivity contribution in [1.82, 2.24) is 15.6 Å². The zero-order valence-corrected chi connectivity index (χ0v) is 20.1. The van der Waals surface area contributed by atoms with Gasteiger partial charge in [0.05, 0.1) is 22.3 Å². The van der Waals surface area contributed by atoms with E-state index in [2.05, 4.69) is 12.1 Å². The first-order valence-corrected chi connectivity index (χ1v) is 12.7. The zero-order valence-electron chi connectivity index (χ0n) is 17.7. The molecule has 0 heterocycles. The van der Waals surface area contributed by atoms with Crippen molar-refractivity contribution in [3.8, 4) is 0 Å². The van der Waals surface area contributed by atoms with Crippen LogP contribution in [-0.4, -0.2) is 34.5 Å². The number of hydroxylamine groups is 2. The van der Waals surface area contributed by atoms with E-state index < -0.39 is 13.1 Å². The van der Waals surface area contributed by atoms with E-state index in [4.69, 9.17) is 28.0 Å². The Balaban J connectivity index is 1.98. The molecule has 2 rings (SSSR count). The number of carbonyl (C=O) groups excluding carboxylic acids is 1. The third-order valence-corrected chi connectivity index (χ3v) is 7.74. The molecule has 0 aliphatic heterocycles. The number of nitrogens with one attached hydrogen (secondary N) is 2. The molecule has 1 unspecified atom stereocenters. The number of benzene rings is 2. The van der Waals surface area contributed by atoms with Crippen molar-refractivity contribution in [2.45, 2.75) is 38.3 Å². The molecule has 0 aliphatic carbocycles. The molecule has 0 saturated carbocycles. The second kappa shape index (κ2) is 13.3. The van der Waals surface area contributed by atoms with Gasteiger partial charge in [-0.05, 0) is 48.9 Å². The van der Waals surface area contributed by atoms with Crippen LogP contribution >= 0.6 is 30.6 Å². The molecule has 0 bridgehead atoms. The molecule has 176 valence electrons. The van der Waals surface area contributed by atoms with Gasteiger partial charge in [-0.1, -0.05) is 59.6 Å². The predicted molar refractivity (Wildman–Crippen MR) is 124 cm³/mol. The predicted octanol–water partition coefficient (Wildman–Crippen LogP) is 5.38. The van der Waals surface area contributed by atoms with Gasteiger partial charge in [0.1, 0.15) is 0 Å². The van der Waals surface area contributed by atoms with Crippen molar-refractivity contribution in [2.24, 2.45) is 0 Å². The highest BCUT2D eigenvalue weighted by molar-refractivity contribution is 7.59. The van der Waals surface area contributed by atoms with E-state index in [1.54, 1.807) is 16.6 Å². The highest BCUT2D eigenvalue weighted by atomic mass is 35.5. The fraction of sp³-hybridized carbons (Fsp3) is 0.381. The maximum absolute atomic E-state index is 12.9. The molecular formula is C21H28Cl2N3O5P. The van der Waals surface area contributed by atoms with Crippen LogP contribution in [0.1, 0.15) is 43.0 Å². The lowest BCUT2D eigenvalue weighted by Gasteiger charge is -2.28. The summed E-state index contributed by atoms with van der Waals surface area (Å²) in [7, 11) is -3.89. The number of rotatable bonds is 13. The van der Waals surface area contributed by atoms with Crippen LogP contribution in [0.15, 0.2) is 48.5 Å². The molecule has 0 radical (unpaired) electrons. The minimum Gasteiger partial charge on any atom is -0.309 e. The number of halogens is 2. The van der Waals surface area contributed by atoms with Crippen molar-refractivity contribution in [1.29, 1.82) is 0 Å². The van der Waals surface area contributed by atoms with Gasteiger partial charge in [-0.25, -0.2) is 5.06 Å². The Morgan fingerprint density at radius 2 is 1.78 bits per heavy atom. The van der Waals surface area contributed by atoms with E-state index in [1.807, 2.05) is 18.2 Å². The Labute approximate surface area is 197 Å². The average molecular weight is 504 g/mol. The number of amides is 1. The summed E-state index contributed by atoms with van der Waals surface area (Å²) in [5.74, 6) is -0.315. The standard InChI is InChI=1S/C21H28Cl2N3O5P/c1-16(27)26(31-14-6-5-9-17-7-3-2-4-8-17)13-12-21(32(30,24-28)25-29)18-10-11-19(22)20(23)15-18/h2-4,7-8,10-11,15,21,28-29H,5-6,9,12-14H2,1H3,(H2,24,25,30). The first-order chi connectivity index (χ1) is 15.3. The van der Waals surface area contributed by atoms with Gasteiger partial charge in [-0.15, -0.1) is 10.5 Å². The summed E-state index contributed by atoms with van der Waals surface area (Å²) >= 11 is 12.0. The van der Waals surface area contributed by atoms with E-state index in [0.717, 1.165) is 19.3 Å². The van der Waals surface area contributed by atoms with Crippen LogP contribution in [0.25, 0.3) is 0 Å². The minimum atomic E-state index is -3.89. The molecule has 0 aliphatic rings. The topological polar surface area (TPSA) is 111 Å². The summed E-state index contributed by atoms with van der Waals surface area (Å²) in [5.41, 5.74) is 0.775. The molecule has 0 fully saturated rings. The first-order valence-electron chi connectivity index (χ1n) is 10.1. The summed E-state index contributed by atoms with van der Waals surface area (Å²) in [5, 5.41) is 23.9. The number of hydrogen-bond donors (Lipinski definition) is 4. The lowest BCUT2D eigenvalue weighted by molar-refractivity contribution is -0.185.